The summed E-state index contributed by atoms with van der Waals surface area (Å²) in [5.74, 6) is -0.409. The van der Waals surface area contributed by atoms with E-state index in [4.69, 9.17) is 5.73 Å². The van der Waals surface area contributed by atoms with Crippen LogP contribution in [0.5, 0.6) is 0 Å². The Morgan fingerprint density at radius 2 is 1.74 bits per heavy atom. The van der Waals surface area contributed by atoms with Crippen LogP contribution in [0.25, 0.3) is 0 Å². The highest BCUT2D eigenvalue weighted by molar-refractivity contribution is 9.10. The quantitative estimate of drug-likeness (QED) is 0.737. The van der Waals surface area contributed by atoms with E-state index in [1.165, 1.54) is 0 Å². The molecule has 23 heavy (non-hydrogen) atoms. The first-order valence-electron chi connectivity index (χ1n) is 7.20. The minimum absolute atomic E-state index is 0.409. The Kier molecular flexibility index (Phi) is 5.90. The summed E-state index contributed by atoms with van der Waals surface area (Å²) in [6.45, 7) is 0.618. The Bertz CT molecular complexity index is 691. The minimum Gasteiger partial charge on any atom is -0.351 e. The van der Waals surface area contributed by atoms with E-state index in [-0.39, 0.29) is 0 Å². The fourth-order valence-corrected chi connectivity index (χ4v) is 2.97. The number of amides is 3. The lowest BCUT2D eigenvalue weighted by molar-refractivity contribution is -0.916. The van der Waals surface area contributed by atoms with Crippen LogP contribution in [0.4, 0.5) is 4.79 Å². The van der Waals surface area contributed by atoms with Crippen LogP contribution < -0.4 is 16.0 Å². The van der Waals surface area contributed by atoms with E-state index in [1.807, 2.05) is 61.6 Å². The number of carbonyl (C=O) groups excluding carboxylic acids is 2. The SMILES string of the molecule is C[NH+](Cc1ccccc1Br)[C@H](C(=O)NC(N)=O)c1ccccc1. The summed E-state index contributed by atoms with van der Waals surface area (Å²) in [5.41, 5.74) is 7.01. The molecule has 4 N–H and O–H groups in total. The normalized spacial score (nSPS) is 13.1. The third-order valence-corrected chi connectivity index (χ3v) is 4.34. The van der Waals surface area contributed by atoms with Crippen LogP contribution in [-0.4, -0.2) is 19.0 Å². The third kappa shape index (κ3) is 4.64. The lowest BCUT2D eigenvalue weighted by atomic mass is 10.0. The van der Waals surface area contributed by atoms with Gasteiger partial charge in [-0.05, 0) is 6.07 Å². The summed E-state index contributed by atoms with van der Waals surface area (Å²) in [6, 6.07) is 15.8. The van der Waals surface area contributed by atoms with Gasteiger partial charge in [0.25, 0.3) is 5.91 Å². The number of nitrogens with one attached hydrogen (secondary N) is 2. The van der Waals surface area contributed by atoms with Crippen molar-refractivity contribution < 1.29 is 14.5 Å². The second kappa shape index (κ2) is 7.89. The highest BCUT2D eigenvalue weighted by atomic mass is 79.9. The molecule has 0 saturated carbocycles. The smallest absolute Gasteiger partial charge is 0.319 e. The Labute approximate surface area is 143 Å². The lowest BCUT2D eigenvalue weighted by Gasteiger charge is -2.24. The zero-order valence-corrected chi connectivity index (χ0v) is 14.3. The summed E-state index contributed by atoms with van der Waals surface area (Å²) in [7, 11) is 1.91. The zero-order chi connectivity index (χ0) is 16.8. The van der Waals surface area contributed by atoms with E-state index >= 15 is 0 Å². The van der Waals surface area contributed by atoms with Crippen LogP contribution >= 0.6 is 15.9 Å². The second-order valence-corrected chi connectivity index (χ2v) is 6.17. The number of quaternary nitrogens is 1. The van der Waals surface area contributed by atoms with Crippen molar-refractivity contribution >= 4 is 27.9 Å². The highest BCUT2D eigenvalue weighted by Crippen LogP contribution is 2.16. The molecule has 0 aliphatic rings. The lowest BCUT2D eigenvalue weighted by Crippen LogP contribution is -3.09. The summed E-state index contributed by atoms with van der Waals surface area (Å²) in [4.78, 5) is 24.4. The molecule has 0 radical (unpaired) electrons. The van der Waals surface area contributed by atoms with Gasteiger partial charge in [0.1, 0.15) is 6.54 Å². The monoisotopic (exact) mass is 376 g/mol. The molecular formula is C17H19BrN3O2+. The molecule has 0 fully saturated rings. The van der Waals surface area contributed by atoms with Crippen LogP contribution in [0, 0.1) is 0 Å². The zero-order valence-electron chi connectivity index (χ0n) is 12.8. The van der Waals surface area contributed by atoms with Crippen molar-refractivity contribution in [2.24, 2.45) is 5.73 Å². The molecule has 0 saturated heterocycles. The number of benzene rings is 2. The first kappa shape index (κ1) is 17.2. The molecule has 0 spiro atoms. The van der Waals surface area contributed by atoms with Gasteiger partial charge in [-0.1, -0.05) is 64.5 Å². The van der Waals surface area contributed by atoms with Crippen LogP contribution in [0.15, 0.2) is 59.1 Å². The molecule has 120 valence electrons. The maximum Gasteiger partial charge on any atom is 0.319 e. The highest BCUT2D eigenvalue weighted by Gasteiger charge is 2.30. The molecule has 0 aliphatic heterocycles. The number of hydrogen-bond donors (Lipinski definition) is 3. The number of imide groups is 1. The molecule has 0 aliphatic carbocycles. The Hall–Kier alpha value is -2.18. The molecule has 2 aromatic carbocycles. The van der Waals surface area contributed by atoms with Gasteiger partial charge in [0.15, 0.2) is 6.04 Å². The molecule has 2 rings (SSSR count). The molecule has 6 heteroatoms. The summed E-state index contributed by atoms with van der Waals surface area (Å²) < 4.78 is 0.987. The van der Waals surface area contributed by atoms with Gasteiger partial charge >= 0.3 is 6.03 Å². The summed E-state index contributed by atoms with van der Waals surface area (Å²) in [5, 5.41) is 2.19. The predicted molar refractivity (Wildman–Crippen MR) is 91.6 cm³/mol. The molecule has 1 unspecified atom stereocenters. The number of hydrogen-bond acceptors (Lipinski definition) is 2. The number of rotatable bonds is 5. The van der Waals surface area contributed by atoms with Crippen LogP contribution in [-0.2, 0) is 11.3 Å². The number of urea groups is 1. The number of carbonyl (C=O) groups is 2. The van der Waals surface area contributed by atoms with Crippen molar-refractivity contribution in [1.29, 1.82) is 0 Å². The average molecular weight is 377 g/mol. The van der Waals surface area contributed by atoms with Crippen LogP contribution in [0.3, 0.4) is 0 Å². The largest absolute Gasteiger partial charge is 0.351 e. The molecular weight excluding hydrogens is 358 g/mol. The molecule has 0 heterocycles. The van der Waals surface area contributed by atoms with Gasteiger partial charge in [-0.25, -0.2) is 4.79 Å². The van der Waals surface area contributed by atoms with E-state index in [0.717, 1.165) is 20.5 Å². The maximum atomic E-state index is 12.4. The van der Waals surface area contributed by atoms with Crippen molar-refractivity contribution in [2.75, 3.05) is 7.05 Å². The average Bonchev–Trinajstić information content (AvgIpc) is 2.50. The second-order valence-electron chi connectivity index (χ2n) is 5.31. The van der Waals surface area contributed by atoms with E-state index in [9.17, 15) is 9.59 Å². The molecule has 5 nitrogen and oxygen atoms in total. The predicted octanol–water partition coefficient (Wildman–Crippen LogP) is 1.40. The third-order valence-electron chi connectivity index (χ3n) is 3.56. The fraction of sp³-hybridized carbons (Fsp3) is 0.176. The van der Waals surface area contributed by atoms with Gasteiger partial charge in [-0.2, -0.15) is 0 Å². The van der Waals surface area contributed by atoms with Gasteiger partial charge in [0.05, 0.1) is 7.05 Å². The van der Waals surface area contributed by atoms with Gasteiger partial charge < -0.3 is 10.6 Å². The number of likely N-dealkylation sites (N-methyl/N-ethyl adjacent to an activating group) is 1. The van der Waals surface area contributed by atoms with E-state index in [0.29, 0.717) is 6.54 Å². The number of nitrogens with two attached hydrogens (primary N) is 1. The van der Waals surface area contributed by atoms with E-state index in [2.05, 4.69) is 21.2 Å². The number of halogens is 1. The molecule has 3 amide bonds. The van der Waals surface area contributed by atoms with Crippen LogP contribution in [0.1, 0.15) is 17.2 Å². The standard InChI is InChI=1S/C17H18BrN3O2/c1-21(11-13-9-5-6-10-14(13)18)15(16(22)20-17(19)23)12-7-3-2-4-8-12/h2-10,15H,11H2,1H3,(H3,19,20,22,23)/p+1/t15-/m0/s1. The fourth-order valence-electron chi connectivity index (χ4n) is 2.54. The van der Waals surface area contributed by atoms with Crippen molar-refractivity contribution in [3.05, 3.63) is 70.2 Å². The molecule has 2 atom stereocenters. The molecule has 2 aromatic rings. The van der Waals surface area contributed by atoms with Crippen LogP contribution in [0.2, 0.25) is 0 Å². The van der Waals surface area contributed by atoms with Gasteiger partial charge in [0.2, 0.25) is 0 Å². The minimum atomic E-state index is -0.843. The van der Waals surface area contributed by atoms with Gasteiger partial charge in [-0.3, -0.25) is 10.1 Å². The van der Waals surface area contributed by atoms with Crippen molar-refractivity contribution in [2.45, 2.75) is 12.6 Å². The first-order valence-corrected chi connectivity index (χ1v) is 7.99. The van der Waals surface area contributed by atoms with Gasteiger partial charge in [-0.15, -0.1) is 0 Å². The van der Waals surface area contributed by atoms with E-state index < -0.39 is 18.0 Å². The van der Waals surface area contributed by atoms with Crippen molar-refractivity contribution in [3.63, 3.8) is 0 Å². The Morgan fingerprint density at radius 1 is 1.13 bits per heavy atom. The van der Waals surface area contributed by atoms with Gasteiger partial charge in [0, 0.05) is 15.6 Å². The van der Waals surface area contributed by atoms with E-state index in [1.54, 1.807) is 0 Å². The molecule has 0 aromatic heterocycles. The molecule has 0 bridgehead atoms. The number of primary amides is 1. The summed E-state index contributed by atoms with van der Waals surface area (Å²) >= 11 is 3.52. The Morgan fingerprint density at radius 3 is 2.35 bits per heavy atom. The van der Waals surface area contributed by atoms with Crippen molar-refractivity contribution in [1.82, 2.24) is 5.32 Å². The first-order chi connectivity index (χ1) is 11.0. The Balaban J connectivity index is 2.27. The topological polar surface area (TPSA) is 76.6 Å². The maximum absolute atomic E-state index is 12.4. The summed E-state index contributed by atoms with van der Waals surface area (Å²) in [6.07, 6.45) is 0. The van der Waals surface area contributed by atoms with Crippen molar-refractivity contribution in [3.8, 4) is 0 Å².